The summed E-state index contributed by atoms with van der Waals surface area (Å²) in [6.07, 6.45) is 0.439. The van der Waals surface area contributed by atoms with Crippen LogP contribution in [-0.2, 0) is 34.3 Å². The zero-order valence-electron chi connectivity index (χ0n) is 23.0. The molecule has 2 amide bonds. The van der Waals surface area contributed by atoms with Gasteiger partial charge in [0.25, 0.3) is 5.69 Å². The third-order valence-corrected chi connectivity index (χ3v) is 11.4. The summed E-state index contributed by atoms with van der Waals surface area (Å²) in [5.41, 5.74) is 2.05. The quantitative estimate of drug-likeness (QED) is 0.173. The van der Waals surface area contributed by atoms with Crippen LogP contribution < -0.4 is 10.6 Å². The molecular weight excluding hydrogens is 656 g/mol. The number of ether oxygens (including phenoxy) is 1. The molecule has 0 saturated heterocycles. The molecule has 1 aliphatic heterocycles. The van der Waals surface area contributed by atoms with E-state index in [1.54, 1.807) is 20.8 Å². The van der Waals surface area contributed by atoms with Gasteiger partial charge in [0.15, 0.2) is 0 Å². The lowest BCUT2D eigenvalue weighted by Gasteiger charge is -2.26. The second-order valence-corrected chi connectivity index (χ2v) is 16.0. The van der Waals surface area contributed by atoms with Crippen LogP contribution in [0.15, 0.2) is 32.9 Å². The zero-order chi connectivity index (χ0) is 30.3. The van der Waals surface area contributed by atoms with Crippen molar-refractivity contribution in [2.24, 2.45) is 0 Å². The number of nitrogens with zero attached hydrogens (tertiary/aromatic N) is 2. The van der Waals surface area contributed by atoms with Crippen LogP contribution in [0.25, 0.3) is 0 Å². The van der Waals surface area contributed by atoms with Crippen molar-refractivity contribution >= 4 is 71.3 Å². The Labute approximate surface area is 254 Å². The molecule has 0 saturated carbocycles. The van der Waals surface area contributed by atoms with Gasteiger partial charge in [-0.1, -0.05) is 0 Å². The highest BCUT2D eigenvalue weighted by atomic mass is 79.9. The van der Waals surface area contributed by atoms with Crippen LogP contribution in [0.4, 0.5) is 15.5 Å². The van der Waals surface area contributed by atoms with Gasteiger partial charge in [0.1, 0.15) is 10.6 Å². The third-order valence-electron chi connectivity index (χ3n) is 6.41. The predicted octanol–water partition coefficient (Wildman–Crippen LogP) is 6.12. The summed E-state index contributed by atoms with van der Waals surface area (Å²) in [4.78, 5) is 37.7. The maximum Gasteiger partial charge on any atom is 0.341 e. The monoisotopic (exact) mass is 684 g/mol. The van der Waals surface area contributed by atoms with Gasteiger partial charge in [-0.2, -0.15) is 4.31 Å². The van der Waals surface area contributed by atoms with E-state index in [1.165, 1.54) is 51.2 Å². The lowest BCUT2D eigenvalue weighted by molar-refractivity contribution is -0.384. The average molecular weight is 686 g/mol. The van der Waals surface area contributed by atoms with Crippen molar-refractivity contribution in [2.45, 2.75) is 64.6 Å². The Morgan fingerprint density at radius 3 is 2.44 bits per heavy atom. The Kier molecular flexibility index (Phi) is 8.95. The van der Waals surface area contributed by atoms with E-state index in [0.29, 0.717) is 17.0 Å². The zero-order valence-corrected chi connectivity index (χ0v) is 27.0. The number of halogens is 1. The molecular formula is C26H29BrN4O7S3. The topological polar surface area (TPSA) is 148 Å². The summed E-state index contributed by atoms with van der Waals surface area (Å²) in [5.74, 6) is -0.502. The Morgan fingerprint density at radius 2 is 1.83 bits per heavy atom. The molecule has 0 spiro atoms. The number of hydrogen-bond donors (Lipinski definition) is 2. The third kappa shape index (κ3) is 6.80. The van der Waals surface area contributed by atoms with Crippen molar-refractivity contribution in [2.75, 3.05) is 11.9 Å². The van der Waals surface area contributed by atoms with E-state index >= 15 is 0 Å². The Balaban J connectivity index is 1.45. The first-order chi connectivity index (χ1) is 19.1. The summed E-state index contributed by atoms with van der Waals surface area (Å²) in [6, 6.07) is 4.35. The predicted molar refractivity (Wildman–Crippen MR) is 161 cm³/mol. The standard InChI is InChI=1S/C26H29BrN4O7S3/c1-14-15(2)39-23(21(14)24(32)38-26(3,4)5)29-25(33)28-12-19-18-10-11-30(13-20(18)40-22(19)27)41(36,37)17-8-6-16(7-9-17)31(34)35/h6-9H,10-13H2,1-5H3,(H2,28,29,33). The Morgan fingerprint density at radius 1 is 1.17 bits per heavy atom. The van der Waals surface area contributed by atoms with Gasteiger partial charge in [-0.05, 0) is 85.8 Å². The normalized spacial score (nSPS) is 13.9. The molecule has 4 rings (SSSR count). The molecule has 11 nitrogen and oxygen atoms in total. The molecule has 0 unspecified atom stereocenters. The van der Waals surface area contributed by atoms with Gasteiger partial charge in [0.2, 0.25) is 10.0 Å². The van der Waals surface area contributed by atoms with Crippen molar-refractivity contribution in [3.8, 4) is 0 Å². The fraction of sp³-hybridized carbons (Fsp3) is 0.385. The van der Waals surface area contributed by atoms with Crippen molar-refractivity contribution < 1.29 is 27.7 Å². The van der Waals surface area contributed by atoms with Gasteiger partial charge in [-0.25, -0.2) is 18.0 Å². The first kappa shape index (κ1) is 31.1. The number of nitrogens with one attached hydrogen (secondary N) is 2. The second kappa shape index (κ2) is 11.8. The van der Waals surface area contributed by atoms with Crippen LogP contribution in [-0.4, -0.2) is 41.8 Å². The van der Waals surface area contributed by atoms with Crippen molar-refractivity contribution in [1.29, 1.82) is 0 Å². The largest absolute Gasteiger partial charge is 0.456 e. The molecule has 0 radical (unpaired) electrons. The SMILES string of the molecule is Cc1sc(NC(=O)NCc2c(Br)sc3c2CCN(S(=O)(=O)c2ccc([N+](=O)[O-])cc2)C3)c(C(=O)OC(C)(C)C)c1C. The van der Waals surface area contributed by atoms with Gasteiger partial charge in [0, 0.05) is 41.5 Å². The molecule has 0 aliphatic carbocycles. The number of carbonyl (C=O) groups excluding carboxylic acids is 2. The summed E-state index contributed by atoms with van der Waals surface area (Å²) >= 11 is 6.26. The highest BCUT2D eigenvalue weighted by molar-refractivity contribution is 9.11. The number of aryl methyl sites for hydroxylation is 1. The number of anilines is 1. The number of amides is 2. The van der Waals surface area contributed by atoms with Gasteiger partial charge in [0.05, 0.1) is 19.2 Å². The fourth-order valence-corrected chi connectivity index (χ4v) is 8.89. The smallest absolute Gasteiger partial charge is 0.341 e. The Hall–Kier alpha value is -2.85. The summed E-state index contributed by atoms with van der Waals surface area (Å²) < 4.78 is 34.0. The number of carbonyl (C=O) groups is 2. The second-order valence-electron chi connectivity index (χ2n) is 10.4. The van der Waals surface area contributed by atoms with Gasteiger partial charge in [-0.15, -0.1) is 22.7 Å². The van der Waals surface area contributed by atoms with E-state index in [-0.39, 0.29) is 30.2 Å². The average Bonchev–Trinajstić information content (AvgIpc) is 3.34. The summed E-state index contributed by atoms with van der Waals surface area (Å²) in [5, 5.41) is 17.0. The van der Waals surface area contributed by atoms with Crippen LogP contribution >= 0.6 is 38.6 Å². The van der Waals surface area contributed by atoms with E-state index in [0.717, 1.165) is 30.2 Å². The molecule has 15 heteroatoms. The van der Waals surface area contributed by atoms with Gasteiger partial charge < -0.3 is 10.1 Å². The Bertz CT molecular complexity index is 1620. The number of benzene rings is 1. The van der Waals surface area contributed by atoms with Crippen LogP contribution in [0.3, 0.4) is 0 Å². The minimum absolute atomic E-state index is 0.00876. The fourth-order valence-electron chi connectivity index (χ4n) is 4.29. The summed E-state index contributed by atoms with van der Waals surface area (Å²) in [7, 11) is -3.85. The molecule has 3 heterocycles. The molecule has 1 aliphatic rings. The number of thiophene rings is 2. The molecule has 41 heavy (non-hydrogen) atoms. The van der Waals surface area contributed by atoms with Gasteiger partial charge in [-0.3, -0.25) is 15.4 Å². The minimum atomic E-state index is -3.85. The number of esters is 1. The first-order valence-electron chi connectivity index (χ1n) is 12.5. The van der Waals surface area contributed by atoms with Crippen molar-refractivity contribution in [3.63, 3.8) is 0 Å². The van der Waals surface area contributed by atoms with Crippen LogP contribution in [0.5, 0.6) is 0 Å². The van der Waals surface area contributed by atoms with Gasteiger partial charge >= 0.3 is 12.0 Å². The maximum absolute atomic E-state index is 13.2. The van der Waals surface area contributed by atoms with Crippen LogP contribution in [0, 0.1) is 24.0 Å². The van der Waals surface area contributed by atoms with E-state index in [4.69, 9.17) is 4.74 Å². The van der Waals surface area contributed by atoms with E-state index < -0.39 is 32.5 Å². The highest BCUT2D eigenvalue weighted by Crippen LogP contribution is 2.38. The lowest BCUT2D eigenvalue weighted by atomic mass is 10.0. The maximum atomic E-state index is 13.2. The lowest BCUT2D eigenvalue weighted by Crippen LogP contribution is -2.36. The molecule has 2 aromatic heterocycles. The number of hydrogen-bond acceptors (Lipinski definition) is 9. The number of sulfonamides is 1. The highest BCUT2D eigenvalue weighted by Gasteiger charge is 2.32. The van der Waals surface area contributed by atoms with Crippen molar-refractivity contribution in [1.82, 2.24) is 9.62 Å². The number of rotatable bonds is 7. The number of urea groups is 1. The number of non-ortho nitro benzene ring substituents is 1. The number of nitro groups is 1. The van der Waals surface area contributed by atoms with E-state index in [9.17, 15) is 28.1 Å². The van der Waals surface area contributed by atoms with E-state index in [2.05, 4.69) is 26.6 Å². The molecule has 0 atom stereocenters. The molecule has 0 fully saturated rings. The number of nitro benzene ring substituents is 1. The molecule has 1 aromatic carbocycles. The summed E-state index contributed by atoms with van der Waals surface area (Å²) in [6.45, 7) is 9.59. The van der Waals surface area contributed by atoms with Crippen molar-refractivity contribution in [3.05, 3.63) is 70.2 Å². The molecule has 2 N–H and O–H groups in total. The molecule has 3 aromatic rings. The first-order valence-corrected chi connectivity index (χ1v) is 16.4. The number of fused-ring (bicyclic) bond motifs is 1. The van der Waals surface area contributed by atoms with E-state index in [1.807, 2.05) is 13.8 Å². The van der Waals surface area contributed by atoms with Crippen LogP contribution in [0.2, 0.25) is 0 Å². The van der Waals surface area contributed by atoms with Crippen LogP contribution in [0.1, 0.15) is 57.6 Å². The molecule has 220 valence electrons. The molecule has 0 bridgehead atoms. The minimum Gasteiger partial charge on any atom is -0.456 e.